The summed E-state index contributed by atoms with van der Waals surface area (Å²) >= 11 is 3.57. The number of ether oxygens (including phenoxy) is 2. The van der Waals surface area contributed by atoms with E-state index >= 15 is 0 Å². The van der Waals surface area contributed by atoms with Crippen LogP contribution in [0.3, 0.4) is 0 Å². The second-order valence-electron chi connectivity index (χ2n) is 6.29. The highest BCUT2D eigenvalue weighted by atomic mass is 79.9. The summed E-state index contributed by atoms with van der Waals surface area (Å²) < 4.78 is 12.6. The zero-order valence-corrected chi connectivity index (χ0v) is 14.1. The first-order chi connectivity index (χ1) is 10.1. The predicted octanol–water partition coefficient (Wildman–Crippen LogP) is 3.64. The van der Waals surface area contributed by atoms with Crippen LogP contribution in [0, 0.1) is 0 Å². The van der Waals surface area contributed by atoms with Crippen molar-refractivity contribution in [1.29, 1.82) is 0 Å². The molecule has 21 heavy (non-hydrogen) atoms. The number of benzene rings is 1. The third-order valence-corrected chi connectivity index (χ3v) is 4.94. The summed E-state index contributed by atoms with van der Waals surface area (Å²) in [7, 11) is 0. The van der Waals surface area contributed by atoms with Gasteiger partial charge >= 0.3 is 0 Å². The largest absolute Gasteiger partial charge is 0.493 e. The molecule has 1 aromatic rings. The average molecular weight is 355 g/mol. The Balaban J connectivity index is 1.79. The number of halogens is 1. The first-order valence-electron chi connectivity index (χ1n) is 7.88. The van der Waals surface area contributed by atoms with Gasteiger partial charge in [0.05, 0.1) is 18.3 Å². The van der Waals surface area contributed by atoms with Gasteiger partial charge in [0.2, 0.25) is 0 Å². The average Bonchev–Trinajstić information content (AvgIpc) is 2.87. The second kappa shape index (κ2) is 6.27. The van der Waals surface area contributed by atoms with Gasteiger partial charge in [-0.2, -0.15) is 0 Å². The van der Waals surface area contributed by atoms with Gasteiger partial charge in [0.1, 0.15) is 5.75 Å². The van der Waals surface area contributed by atoms with Crippen LogP contribution in [0.15, 0.2) is 16.6 Å². The zero-order valence-electron chi connectivity index (χ0n) is 12.5. The van der Waals surface area contributed by atoms with E-state index in [1.807, 2.05) is 0 Å². The highest BCUT2D eigenvalue weighted by molar-refractivity contribution is 9.10. The number of fused-ring (bicyclic) bond motifs is 1. The number of aliphatic hydroxyl groups is 1. The Morgan fingerprint density at radius 1 is 1.38 bits per heavy atom. The SMILES string of the molecule is CCCC1CC(O)(Cc2cc(Br)cc3c2OCC3)CCO1. The molecule has 3 rings (SSSR count). The van der Waals surface area contributed by atoms with Gasteiger partial charge in [0.25, 0.3) is 0 Å². The molecule has 1 fully saturated rings. The van der Waals surface area contributed by atoms with E-state index in [2.05, 4.69) is 35.0 Å². The Morgan fingerprint density at radius 3 is 3.05 bits per heavy atom. The van der Waals surface area contributed by atoms with Gasteiger partial charge in [-0.15, -0.1) is 0 Å². The Morgan fingerprint density at radius 2 is 2.24 bits per heavy atom. The first kappa shape index (κ1) is 15.3. The van der Waals surface area contributed by atoms with E-state index in [4.69, 9.17) is 9.47 Å². The lowest BCUT2D eigenvalue weighted by atomic mass is 9.83. The summed E-state index contributed by atoms with van der Waals surface area (Å²) in [6.07, 6.45) is 5.34. The van der Waals surface area contributed by atoms with Crippen molar-refractivity contribution in [3.63, 3.8) is 0 Å². The van der Waals surface area contributed by atoms with Crippen molar-refractivity contribution in [2.45, 2.75) is 57.2 Å². The van der Waals surface area contributed by atoms with E-state index in [0.29, 0.717) is 19.4 Å². The summed E-state index contributed by atoms with van der Waals surface area (Å²) in [5.41, 5.74) is 1.70. The molecule has 0 spiro atoms. The molecule has 0 saturated carbocycles. The Kier molecular flexibility index (Phi) is 4.57. The van der Waals surface area contributed by atoms with E-state index in [1.165, 1.54) is 5.56 Å². The Hall–Kier alpha value is -0.580. The summed E-state index contributed by atoms with van der Waals surface area (Å²) in [5.74, 6) is 0.991. The van der Waals surface area contributed by atoms with E-state index in [0.717, 1.165) is 48.1 Å². The summed E-state index contributed by atoms with van der Waals surface area (Å²) in [5, 5.41) is 11.0. The molecular weight excluding hydrogens is 332 g/mol. The third-order valence-electron chi connectivity index (χ3n) is 4.48. The predicted molar refractivity (Wildman–Crippen MR) is 85.9 cm³/mol. The molecule has 0 aromatic heterocycles. The fourth-order valence-electron chi connectivity index (χ4n) is 3.50. The van der Waals surface area contributed by atoms with Gasteiger partial charge in [-0.1, -0.05) is 29.3 Å². The Labute approximate surface area is 134 Å². The van der Waals surface area contributed by atoms with Crippen LogP contribution in [0.2, 0.25) is 0 Å². The standard InChI is InChI=1S/C17H23BrO3/c1-2-3-15-11-17(19,5-7-20-15)10-13-9-14(18)8-12-4-6-21-16(12)13/h8-9,15,19H,2-7,10-11H2,1H3. The topological polar surface area (TPSA) is 38.7 Å². The number of hydrogen-bond acceptors (Lipinski definition) is 3. The molecule has 1 saturated heterocycles. The quantitative estimate of drug-likeness (QED) is 0.896. The maximum absolute atomic E-state index is 11.0. The van der Waals surface area contributed by atoms with Gasteiger partial charge in [-0.3, -0.25) is 0 Å². The van der Waals surface area contributed by atoms with Gasteiger partial charge in [-0.05, 0) is 36.1 Å². The molecule has 116 valence electrons. The molecule has 0 bridgehead atoms. The lowest BCUT2D eigenvalue weighted by molar-refractivity contribution is -0.105. The fourth-order valence-corrected chi connectivity index (χ4v) is 4.05. The number of rotatable bonds is 4. The Bertz CT molecular complexity index is 515. The van der Waals surface area contributed by atoms with Crippen LogP contribution in [0.25, 0.3) is 0 Å². The molecule has 2 heterocycles. The van der Waals surface area contributed by atoms with Crippen molar-refractivity contribution in [2.75, 3.05) is 13.2 Å². The molecule has 2 atom stereocenters. The van der Waals surface area contributed by atoms with Gasteiger partial charge < -0.3 is 14.6 Å². The van der Waals surface area contributed by atoms with Crippen LogP contribution >= 0.6 is 15.9 Å². The van der Waals surface area contributed by atoms with Crippen LogP contribution in [0.5, 0.6) is 5.75 Å². The molecule has 2 aliphatic rings. The van der Waals surface area contributed by atoms with Crippen LogP contribution < -0.4 is 4.74 Å². The first-order valence-corrected chi connectivity index (χ1v) is 8.67. The van der Waals surface area contributed by atoms with Crippen molar-refractivity contribution >= 4 is 15.9 Å². The zero-order chi connectivity index (χ0) is 14.9. The van der Waals surface area contributed by atoms with E-state index in [9.17, 15) is 5.11 Å². The molecule has 1 aromatic carbocycles. The molecule has 1 N–H and O–H groups in total. The van der Waals surface area contributed by atoms with Gasteiger partial charge in [0.15, 0.2) is 0 Å². The monoisotopic (exact) mass is 354 g/mol. The molecule has 2 unspecified atom stereocenters. The molecular formula is C17H23BrO3. The van der Waals surface area contributed by atoms with Gasteiger partial charge in [0, 0.05) is 30.3 Å². The maximum atomic E-state index is 11.0. The van der Waals surface area contributed by atoms with Crippen molar-refractivity contribution < 1.29 is 14.6 Å². The van der Waals surface area contributed by atoms with E-state index < -0.39 is 5.60 Å². The highest BCUT2D eigenvalue weighted by Gasteiger charge is 2.36. The molecule has 2 aliphatic heterocycles. The van der Waals surface area contributed by atoms with Crippen molar-refractivity contribution in [3.8, 4) is 5.75 Å². The highest BCUT2D eigenvalue weighted by Crippen LogP contribution is 2.38. The van der Waals surface area contributed by atoms with Crippen LogP contribution in [0.4, 0.5) is 0 Å². The summed E-state index contributed by atoms with van der Waals surface area (Å²) in [6, 6.07) is 4.21. The minimum atomic E-state index is -0.668. The lowest BCUT2D eigenvalue weighted by Gasteiger charge is -2.37. The maximum Gasteiger partial charge on any atom is 0.125 e. The molecule has 0 amide bonds. The summed E-state index contributed by atoms with van der Waals surface area (Å²) in [6.45, 7) is 3.56. The second-order valence-corrected chi connectivity index (χ2v) is 7.20. The van der Waals surface area contributed by atoms with Crippen molar-refractivity contribution in [2.24, 2.45) is 0 Å². The van der Waals surface area contributed by atoms with Crippen molar-refractivity contribution in [3.05, 3.63) is 27.7 Å². The number of hydrogen-bond donors (Lipinski definition) is 1. The third kappa shape index (κ3) is 3.43. The smallest absolute Gasteiger partial charge is 0.125 e. The normalized spacial score (nSPS) is 28.2. The van der Waals surface area contributed by atoms with Crippen molar-refractivity contribution in [1.82, 2.24) is 0 Å². The minimum absolute atomic E-state index is 0.190. The van der Waals surface area contributed by atoms with E-state index in [-0.39, 0.29) is 6.10 Å². The van der Waals surface area contributed by atoms with Crippen LogP contribution in [-0.4, -0.2) is 30.0 Å². The van der Waals surface area contributed by atoms with Crippen LogP contribution in [-0.2, 0) is 17.6 Å². The van der Waals surface area contributed by atoms with Gasteiger partial charge in [-0.25, -0.2) is 0 Å². The minimum Gasteiger partial charge on any atom is -0.493 e. The fraction of sp³-hybridized carbons (Fsp3) is 0.647. The lowest BCUT2D eigenvalue weighted by Crippen LogP contribution is -2.42. The molecule has 0 aliphatic carbocycles. The van der Waals surface area contributed by atoms with Crippen LogP contribution in [0.1, 0.15) is 43.7 Å². The molecule has 0 radical (unpaired) electrons. The molecule has 3 nitrogen and oxygen atoms in total. The summed E-state index contributed by atoms with van der Waals surface area (Å²) in [4.78, 5) is 0. The van der Waals surface area contributed by atoms with E-state index in [1.54, 1.807) is 0 Å². The molecule has 4 heteroatoms.